The molecule has 0 aromatic rings. The third-order valence-electron chi connectivity index (χ3n) is 0. The van der Waals surface area contributed by atoms with Crippen LogP contribution in [0.1, 0.15) is 13.8 Å². The van der Waals surface area contributed by atoms with E-state index in [1.807, 2.05) is 13.8 Å². The van der Waals surface area contributed by atoms with Crippen molar-refractivity contribution in [2.75, 3.05) is 6.66 Å². The Hall–Kier alpha value is 0.150. The fourth-order valence-corrected chi connectivity index (χ4v) is 0. The maximum Gasteiger partial charge on any atom is 0.129 e. The highest BCUT2D eigenvalue weighted by atomic mass is 31.2. The normalized spacial score (nSPS) is 16.1. The molecule has 4 heteroatoms. The molecule has 0 spiro atoms. The van der Waals surface area contributed by atoms with Gasteiger partial charge in [-0.2, -0.15) is 0 Å². The average Bonchev–Trinajstić information content (AvgIpc) is 1.36. The first-order valence-electron chi connectivity index (χ1n) is 2.01. The van der Waals surface area contributed by atoms with E-state index in [2.05, 4.69) is 0 Å². The molecule has 1 unspecified atom stereocenters. The average molecular weight is 125 g/mol. The summed E-state index contributed by atoms with van der Waals surface area (Å²) in [4.78, 5) is 16.7. The van der Waals surface area contributed by atoms with Crippen molar-refractivity contribution < 1.29 is 14.4 Å². The van der Waals surface area contributed by atoms with E-state index >= 15 is 0 Å². The molecule has 0 bridgehead atoms. The van der Waals surface area contributed by atoms with Gasteiger partial charge in [0.05, 0.1) is 0 Å². The molecule has 1 atom stereocenters. The van der Waals surface area contributed by atoms with Crippen LogP contribution in [0.4, 0.5) is 0 Å². The highest BCUT2D eigenvalue weighted by molar-refractivity contribution is 7.49. The monoisotopic (exact) mass is 125 g/mol. The first kappa shape index (κ1) is 10.2. The Labute approximate surface area is 43.5 Å². The minimum atomic E-state index is -3.89. The molecule has 0 fully saturated rings. The molecule has 0 heterocycles. The molecule has 0 aromatic heterocycles. The molecule has 0 aromatic carbocycles. The highest BCUT2D eigenvalue weighted by Crippen LogP contribution is 2.19. The van der Waals surface area contributed by atoms with Gasteiger partial charge in [-0.25, -0.2) is 0 Å². The molecule has 0 radical (unpaired) electrons. The smallest absolute Gasteiger partial charge is 0.129 e. The molecular weight excluding hydrogens is 115 g/mol. The Bertz CT molecular complexity index is 56.3. The SMILES string of the molecule is CC.CP(=O)([O-])O. The second-order valence-electron chi connectivity index (χ2n) is 0.803. The van der Waals surface area contributed by atoms with Crippen LogP contribution >= 0.6 is 7.60 Å². The summed E-state index contributed by atoms with van der Waals surface area (Å²) in [6.45, 7) is 4.74. The molecule has 0 amide bonds. The van der Waals surface area contributed by atoms with E-state index in [1.54, 1.807) is 0 Å². The van der Waals surface area contributed by atoms with E-state index in [4.69, 9.17) is 4.89 Å². The van der Waals surface area contributed by atoms with Gasteiger partial charge in [-0.1, -0.05) is 13.8 Å². The summed E-state index contributed by atoms with van der Waals surface area (Å²) in [7, 11) is -3.89. The van der Waals surface area contributed by atoms with Crippen LogP contribution in [-0.4, -0.2) is 11.6 Å². The molecule has 46 valence electrons. The summed E-state index contributed by atoms with van der Waals surface area (Å²) in [5.74, 6) is 0. The minimum Gasteiger partial charge on any atom is -0.779 e. The van der Waals surface area contributed by atoms with Crippen molar-refractivity contribution in [3.8, 4) is 0 Å². The van der Waals surface area contributed by atoms with Gasteiger partial charge in [-0.3, -0.25) is 0 Å². The number of hydrogen-bond donors (Lipinski definition) is 1. The first-order chi connectivity index (χ1) is 3.00. The molecule has 0 aliphatic carbocycles. The summed E-state index contributed by atoms with van der Waals surface area (Å²) in [5.41, 5.74) is 0. The van der Waals surface area contributed by atoms with Gasteiger partial charge < -0.3 is 14.4 Å². The zero-order valence-electron chi connectivity index (χ0n) is 4.71. The predicted octanol–water partition coefficient (Wildman–Crippen LogP) is 0.188. The Morgan fingerprint density at radius 3 is 1.57 bits per heavy atom. The molecule has 0 saturated carbocycles. The Morgan fingerprint density at radius 1 is 1.57 bits per heavy atom. The molecule has 0 aliphatic heterocycles. The quantitative estimate of drug-likeness (QED) is 0.470. The van der Waals surface area contributed by atoms with Gasteiger partial charge in [-0.15, -0.1) is 0 Å². The van der Waals surface area contributed by atoms with Crippen molar-refractivity contribution in [2.24, 2.45) is 0 Å². The van der Waals surface area contributed by atoms with E-state index in [0.717, 1.165) is 6.66 Å². The standard InChI is InChI=1S/C2H6.CH5O3P/c1-2;1-5(2,3)4/h1-2H3;1H3,(H2,2,3,4)/p-1. The van der Waals surface area contributed by atoms with Gasteiger partial charge >= 0.3 is 0 Å². The van der Waals surface area contributed by atoms with E-state index in [1.165, 1.54) is 0 Å². The zero-order chi connectivity index (χ0) is 6.50. The summed E-state index contributed by atoms with van der Waals surface area (Å²) in [5, 5.41) is 0. The van der Waals surface area contributed by atoms with Crippen LogP contribution in [0.5, 0.6) is 0 Å². The lowest BCUT2D eigenvalue weighted by atomic mass is 11.0. The van der Waals surface area contributed by atoms with Crippen LogP contribution in [0.25, 0.3) is 0 Å². The van der Waals surface area contributed by atoms with Gasteiger partial charge in [0.2, 0.25) is 0 Å². The molecule has 1 N–H and O–H groups in total. The zero-order valence-corrected chi connectivity index (χ0v) is 5.61. The Balaban J connectivity index is 0. The van der Waals surface area contributed by atoms with Crippen LogP contribution in [0.15, 0.2) is 0 Å². The van der Waals surface area contributed by atoms with Crippen molar-refractivity contribution in [1.82, 2.24) is 0 Å². The predicted molar refractivity (Wildman–Crippen MR) is 27.1 cm³/mol. The van der Waals surface area contributed by atoms with Crippen LogP contribution < -0.4 is 4.89 Å². The maximum absolute atomic E-state index is 9.22. The minimum absolute atomic E-state index is 0.743. The summed E-state index contributed by atoms with van der Waals surface area (Å²) in [6.07, 6.45) is 0. The second kappa shape index (κ2) is 4.31. The van der Waals surface area contributed by atoms with Crippen LogP contribution in [-0.2, 0) is 4.57 Å². The van der Waals surface area contributed by atoms with E-state index in [-0.39, 0.29) is 0 Å². The first-order valence-corrected chi connectivity index (χ1v) is 4.04. The maximum atomic E-state index is 9.22. The molecule has 7 heavy (non-hydrogen) atoms. The summed E-state index contributed by atoms with van der Waals surface area (Å²) >= 11 is 0. The topological polar surface area (TPSA) is 60.4 Å². The third-order valence-corrected chi connectivity index (χ3v) is 0. The largest absolute Gasteiger partial charge is 0.779 e. The molecule has 0 aliphatic rings. The lowest BCUT2D eigenvalue weighted by molar-refractivity contribution is -0.191. The van der Waals surface area contributed by atoms with E-state index in [9.17, 15) is 9.46 Å². The molecule has 3 nitrogen and oxygen atoms in total. The highest BCUT2D eigenvalue weighted by Gasteiger charge is 1.79. The Kier molecular flexibility index (Phi) is 6.28. The van der Waals surface area contributed by atoms with Gasteiger partial charge in [0, 0.05) is 6.66 Å². The van der Waals surface area contributed by atoms with Gasteiger partial charge in [0.15, 0.2) is 0 Å². The number of rotatable bonds is 0. The molecule has 0 saturated heterocycles. The van der Waals surface area contributed by atoms with Crippen molar-refractivity contribution >= 4 is 7.60 Å². The van der Waals surface area contributed by atoms with Crippen molar-refractivity contribution in [2.45, 2.75) is 13.8 Å². The summed E-state index contributed by atoms with van der Waals surface area (Å²) < 4.78 is 9.22. The molecule has 0 rings (SSSR count). The van der Waals surface area contributed by atoms with Crippen LogP contribution in [0.3, 0.4) is 0 Å². The molecular formula is C3H10O3P-. The van der Waals surface area contributed by atoms with Crippen LogP contribution in [0, 0.1) is 0 Å². The van der Waals surface area contributed by atoms with Crippen molar-refractivity contribution in [3.63, 3.8) is 0 Å². The lowest BCUT2D eigenvalue weighted by Crippen LogP contribution is -1.93. The second-order valence-corrected chi connectivity index (χ2v) is 2.41. The third kappa shape index (κ3) is 4710. The lowest BCUT2D eigenvalue weighted by Gasteiger charge is -2.04. The fraction of sp³-hybridized carbons (Fsp3) is 1.00. The van der Waals surface area contributed by atoms with Crippen molar-refractivity contribution in [3.05, 3.63) is 0 Å². The Morgan fingerprint density at radius 2 is 1.57 bits per heavy atom. The fourth-order valence-electron chi connectivity index (χ4n) is 0. The van der Waals surface area contributed by atoms with E-state index in [0.29, 0.717) is 0 Å². The van der Waals surface area contributed by atoms with Gasteiger partial charge in [0.1, 0.15) is 7.60 Å². The van der Waals surface area contributed by atoms with E-state index < -0.39 is 7.60 Å². The van der Waals surface area contributed by atoms with Crippen molar-refractivity contribution in [1.29, 1.82) is 0 Å². The number of hydrogen-bond acceptors (Lipinski definition) is 2. The van der Waals surface area contributed by atoms with Gasteiger partial charge in [0.25, 0.3) is 0 Å². The summed E-state index contributed by atoms with van der Waals surface area (Å²) in [6, 6.07) is 0. The van der Waals surface area contributed by atoms with Crippen LogP contribution in [0.2, 0.25) is 0 Å². The van der Waals surface area contributed by atoms with Gasteiger partial charge in [-0.05, 0) is 0 Å².